The lowest BCUT2D eigenvalue weighted by molar-refractivity contribution is -0.165. The Morgan fingerprint density at radius 2 is 2.12 bits per heavy atom. The monoisotopic (exact) mass is 355 g/mol. The van der Waals surface area contributed by atoms with E-state index in [0.717, 1.165) is 44.7 Å². The van der Waals surface area contributed by atoms with E-state index in [1.54, 1.807) is 18.6 Å². The van der Waals surface area contributed by atoms with Crippen molar-refractivity contribution < 1.29 is 9.90 Å². The molecular weight excluding hydrogens is 330 g/mol. The van der Waals surface area contributed by atoms with Gasteiger partial charge in [-0.2, -0.15) is 0 Å². The highest BCUT2D eigenvalue weighted by Crippen LogP contribution is 2.42. The van der Waals surface area contributed by atoms with E-state index in [1.165, 1.54) is 5.56 Å². The topological polar surface area (TPSA) is 85.3 Å². The average Bonchev–Trinajstić information content (AvgIpc) is 3.15. The van der Waals surface area contributed by atoms with Crippen LogP contribution in [0.25, 0.3) is 0 Å². The summed E-state index contributed by atoms with van der Waals surface area (Å²) in [5, 5.41) is 10.2. The van der Waals surface area contributed by atoms with Gasteiger partial charge in [-0.3, -0.25) is 19.6 Å². The lowest BCUT2D eigenvalue weighted by Gasteiger charge is -2.52. The third-order valence-electron chi connectivity index (χ3n) is 5.86. The summed E-state index contributed by atoms with van der Waals surface area (Å²) in [4.78, 5) is 28.5. The normalized spacial score (nSPS) is 27.2. The van der Waals surface area contributed by atoms with Gasteiger partial charge in [-0.25, -0.2) is 4.98 Å². The molecule has 138 valence electrons. The van der Waals surface area contributed by atoms with Gasteiger partial charge in [-0.1, -0.05) is 0 Å². The molecule has 2 aliphatic heterocycles. The molecule has 0 amide bonds. The molecule has 4 heterocycles. The van der Waals surface area contributed by atoms with E-state index in [2.05, 4.69) is 24.8 Å². The van der Waals surface area contributed by atoms with Crippen LogP contribution in [0.2, 0.25) is 0 Å². The summed E-state index contributed by atoms with van der Waals surface area (Å²) in [5.41, 5.74) is 0.484. The number of carboxylic acids is 1. The van der Waals surface area contributed by atoms with Crippen LogP contribution in [-0.4, -0.2) is 61.5 Å². The van der Waals surface area contributed by atoms with Crippen molar-refractivity contribution in [2.75, 3.05) is 19.6 Å². The quantitative estimate of drug-likeness (QED) is 0.850. The first-order valence-corrected chi connectivity index (χ1v) is 9.24. The number of hydrogen-bond donors (Lipinski definition) is 2. The molecule has 7 nitrogen and oxygen atoms in total. The highest BCUT2D eigenvalue weighted by molar-refractivity contribution is 5.76. The first-order valence-electron chi connectivity index (χ1n) is 9.24. The number of piperidine rings is 2. The molecule has 4 rings (SSSR count). The first kappa shape index (κ1) is 17.2. The van der Waals surface area contributed by atoms with Crippen LogP contribution in [0.5, 0.6) is 0 Å². The lowest BCUT2D eigenvalue weighted by Crippen LogP contribution is -2.63. The van der Waals surface area contributed by atoms with E-state index >= 15 is 0 Å². The minimum Gasteiger partial charge on any atom is -0.481 e. The van der Waals surface area contributed by atoms with Gasteiger partial charge in [0.25, 0.3) is 0 Å². The van der Waals surface area contributed by atoms with Crippen molar-refractivity contribution in [1.82, 2.24) is 24.8 Å². The molecule has 0 aliphatic carbocycles. The molecule has 2 aliphatic rings. The van der Waals surface area contributed by atoms with Gasteiger partial charge in [0, 0.05) is 50.5 Å². The van der Waals surface area contributed by atoms with Gasteiger partial charge in [0.05, 0.1) is 12.0 Å². The number of imidazole rings is 1. The molecular formula is C19H25N5O2. The Balaban J connectivity index is 1.53. The van der Waals surface area contributed by atoms with Gasteiger partial charge < -0.3 is 10.1 Å². The van der Waals surface area contributed by atoms with Crippen molar-refractivity contribution in [3.63, 3.8) is 0 Å². The maximum atomic E-state index is 12.4. The van der Waals surface area contributed by atoms with Crippen molar-refractivity contribution in [2.24, 2.45) is 5.41 Å². The van der Waals surface area contributed by atoms with Gasteiger partial charge in [0.2, 0.25) is 0 Å². The number of fused-ring (bicyclic) bond motifs is 1. The smallest absolute Gasteiger partial charge is 0.312 e. The number of rotatable bonds is 5. The summed E-state index contributed by atoms with van der Waals surface area (Å²) in [5.74, 6) is 0.247. The van der Waals surface area contributed by atoms with E-state index in [0.29, 0.717) is 13.1 Å². The Hall–Kier alpha value is -2.25. The summed E-state index contributed by atoms with van der Waals surface area (Å²) in [6, 6.07) is 4.07. The average molecular weight is 355 g/mol. The number of carboxylic acid groups (broad SMARTS) is 1. The largest absolute Gasteiger partial charge is 0.481 e. The van der Waals surface area contributed by atoms with Crippen molar-refractivity contribution in [1.29, 1.82) is 0 Å². The number of aliphatic carboxylic acids is 1. The highest BCUT2D eigenvalue weighted by Gasteiger charge is 2.53. The second-order valence-corrected chi connectivity index (χ2v) is 7.44. The number of aromatic nitrogens is 3. The zero-order valence-corrected chi connectivity index (χ0v) is 14.8. The number of nitrogens with zero attached hydrogens (tertiary/aromatic N) is 4. The van der Waals surface area contributed by atoms with Crippen LogP contribution >= 0.6 is 0 Å². The second kappa shape index (κ2) is 7.17. The maximum Gasteiger partial charge on any atom is 0.312 e. The third-order valence-corrected chi connectivity index (χ3v) is 5.86. The predicted octanol–water partition coefficient (Wildman–Crippen LogP) is 1.75. The Kier molecular flexibility index (Phi) is 4.74. The van der Waals surface area contributed by atoms with Crippen molar-refractivity contribution in [3.8, 4) is 0 Å². The fourth-order valence-corrected chi connectivity index (χ4v) is 4.66. The number of hydrogen-bond acceptors (Lipinski definition) is 5. The summed E-state index contributed by atoms with van der Waals surface area (Å²) in [6.45, 7) is 3.92. The van der Waals surface area contributed by atoms with E-state index in [1.807, 2.05) is 18.3 Å². The van der Waals surface area contributed by atoms with Crippen LogP contribution < -0.4 is 0 Å². The van der Waals surface area contributed by atoms with E-state index in [-0.39, 0.29) is 6.04 Å². The fourth-order valence-electron chi connectivity index (χ4n) is 4.66. The summed E-state index contributed by atoms with van der Waals surface area (Å²) in [6.07, 6.45) is 9.68. The molecule has 2 aromatic rings. The van der Waals surface area contributed by atoms with Gasteiger partial charge in [0.15, 0.2) is 0 Å². The highest BCUT2D eigenvalue weighted by atomic mass is 16.4. The molecule has 0 bridgehead atoms. The van der Waals surface area contributed by atoms with Gasteiger partial charge in [-0.15, -0.1) is 0 Å². The molecule has 2 fully saturated rings. The predicted molar refractivity (Wildman–Crippen MR) is 96.2 cm³/mol. The van der Waals surface area contributed by atoms with Gasteiger partial charge in [-0.05, 0) is 43.5 Å². The van der Waals surface area contributed by atoms with Crippen molar-refractivity contribution in [3.05, 3.63) is 48.3 Å². The van der Waals surface area contributed by atoms with Crippen LogP contribution in [0.1, 0.15) is 30.7 Å². The van der Waals surface area contributed by atoms with Crippen LogP contribution in [-0.2, 0) is 17.9 Å². The van der Waals surface area contributed by atoms with E-state index < -0.39 is 11.4 Å². The number of aromatic amines is 1. The number of H-pyrrole nitrogens is 1. The Morgan fingerprint density at radius 3 is 2.85 bits per heavy atom. The maximum absolute atomic E-state index is 12.4. The van der Waals surface area contributed by atoms with Crippen molar-refractivity contribution >= 4 is 5.97 Å². The van der Waals surface area contributed by atoms with Crippen LogP contribution in [0.4, 0.5) is 0 Å². The molecule has 2 N–H and O–H groups in total. The minimum absolute atomic E-state index is 0.0625. The van der Waals surface area contributed by atoms with Crippen LogP contribution in [0.15, 0.2) is 36.9 Å². The Morgan fingerprint density at radius 1 is 1.27 bits per heavy atom. The van der Waals surface area contributed by atoms with Crippen molar-refractivity contribution in [2.45, 2.75) is 38.4 Å². The zero-order valence-electron chi connectivity index (χ0n) is 14.8. The first-order chi connectivity index (χ1) is 12.7. The van der Waals surface area contributed by atoms with Gasteiger partial charge >= 0.3 is 5.97 Å². The number of pyridine rings is 1. The molecule has 0 aromatic carbocycles. The minimum atomic E-state index is -0.698. The molecule has 26 heavy (non-hydrogen) atoms. The zero-order chi connectivity index (χ0) is 18.0. The second-order valence-electron chi connectivity index (χ2n) is 7.44. The number of nitrogens with one attached hydrogen (secondary N) is 1. The molecule has 2 saturated heterocycles. The standard InChI is InChI=1S/C19H25N5O2/c25-18(26)19-5-1-10-24(13-17-21-8-9-22-17)16(19)4-11-23(14-19)12-15-2-6-20-7-3-15/h2-3,6-9,16H,1,4-5,10-14H2,(H,21,22)(H,25,26)/t16-,19+/m1/s1. The molecule has 0 unspecified atom stereocenters. The summed E-state index contributed by atoms with van der Waals surface area (Å²) in [7, 11) is 0. The molecule has 2 atom stereocenters. The molecule has 0 radical (unpaired) electrons. The van der Waals surface area contributed by atoms with Crippen LogP contribution in [0, 0.1) is 5.41 Å². The number of likely N-dealkylation sites (tertiary alicyclic amines) is 2. The van der Waals surface area contributed by atoms with Crippen LogP contribution in [0.3, 0.4) is 0 Å². The third kappa shape index (κ3) is 3.24. The Labute approximate surface area is 153 Å². The van der Waals surface area contributed by atoms with E-state index in [4.69, 9.17) is 0 Å². The molecule has 0 spiro atoms. The SMILES string of the molecule is O=C(O)[C@]12CCCN(Cc3ncc[nH]3)[C@@H]1CCN(Cc1ccncc1)C2. The summed E-state index contributed by atoms with van der Waals surface area (Å²) >= 11 is 0. The number of carbonyl (C=O) groups is 1. The van der Waals surface area contributed by atoms with E-state index in [9.17, 15) is 9.90 Å². The Bertz CT molecular complexity index is 736. The van der Waals surface area contributed by atoms with Gasteiger partial charge in [0.1, 0.15) is 5.82 Å². The lowest BCUT2D eigenvalue weighted by atomic mass is 9.69. The summed E-state index contributed by atoms with van der Waals surface area (Å²) < 4.78 is 0. The molecule has 0 saturated carbocycles. The molecule has 2 aromatic heterocycles. The molecule has 7 heteroatoms. The fraction of sp³-hybridized carbons (Fsp3) is 0.526.